The molecule has 0 aromatic heterocycles. The fraction of sp³-hybridized carbons (Fsp3) is 0.462. The van der Waals surface area contributed by atoms with Crippen LogP contribution in [0.5, 0.6) is 0 Å². The topological polar surface area (TPSA) is 63.3 Å². The highest BCUT2D eigenvalue weighted by atomic mass is 16.4. The second-order valence-electron chi connectivity index (χ2n) is 2.93. The molecule has 0 aromatic rings. The normalized spacial score (nSPS) is 12.9. The summed E-state index contributed by atoms with van der Waals surface area (Å²) in [5, 5.41) is 8.67. The average Bonchev–Trinajstić information content (AvgIpc) is 2.28. The maximum atomic E-state index is 10.5. The smallest absolute Gasteiger partial charge is 0.304 e. The molecule has 0 aliphatic carbocycles. The van der Waals surface area contributed by atoms with E-state index in [1.54, 1.807) is 12.2 Å². The summed E-state index contributed by atoms with van der Waals surface area (Å²) in [5.41, 5.74) is 6.42. The van der Waals surface area contributed by atoms with Gasteiger partial charge in [0.25, 0.3) is 0 Å². The van der Waals surface area contributed by atoms with Crippen LogP contribution in [-0.4, -0.2) is 17.6 Å². The van der Waals surface area contributed by atoms with Crippen molar-refractivity contribution in [3.8, 4) is 0 Å². The Hall–Kier alpha value is -1.35. The predicted octanol–water partition coefficient (Wildman–Crippen LogP) is 2.75. The van der Waals surface area contributed by atoms with Crippen LogP contribution in [0.2, 0.25) is 0 Å². The standard InChI is InChI=1S/C11H17NO2.C2H6/c1-3-5-9(6-4-2)10(8-12)7-11(13)14;1-2/h3-6,10H,1,7-8,12H2,2H3,(H,13,14);1-2H3/b6-4-,9-5+;. The van der Waals surface area contributed by atoms with Gasteiger partial charge in [-0.05, 0) is 19.0 Å². The van der Waals surface area contributed by atoms with Crippen molar-refractivity contribution < 1.29 is 9.90 Å². The first-order valence-corrected chi connectivity index (χ1v) is 5.52. The van der Waals surface area contributed by atoms with Gasteiger partial charge in [0.05, 0.1) is 6.42 Å². The van der Waals surface area contributed by atoms with Crippen LogP contribution >= 0.6 is 0 Å². The van der Waals surface area contributed by atoms with Crippen LogP contribution in [0.25, 0.3) is 0 Å². The fourth-order valence-corrected chi connectivity index (χ4v) is 1.20. The van der Waals surface area contributed by atoms with Gasteiger partial charge in [-0.3, -0.25) is 4.79 Å². The number of hydrogen-bond donors (Lipinski definition) is 2. The van der Waals surface area contributed by atoms with Crippen LogP contribution in [0.4, 0.5) is 0 Å². The SMILES string of the molecule is C=C/C=C(\C=C/C)C(CN)CC(=O)O.CC. The van der Waals surface area contributed by atoms with Gasteiger partial charge in [-0.15, -0.1) is 0 Å². The molecule has 0 aliphatic rings. The van der Waals surface area contributed by atoms with Crippen molar-refractivity contribution in [2.45, 2.75) is 27.2 Å². The third kappa shape index (κ3) is 8.00. The predicted molar refractivity (Wildman–Crippen MR) is 69.2 cm³/mol. The van der Waals surface area contributed by atoms with Crippen LogP contribution in [-0.2, 0) is 4.79 Å². The Morgan fingerprint density at radius 1 is 1.50 bits per heavy atom. The van der Waals surface area contributed by atoms with E-state index in [1.165, 1.54) is 0 Å². The Morgan fingerprint density at radius 2 is 2.06 bits per heavy atom. The minimum atomic E-state index is -0.833. The molecule has 1 unspecified atom stereocenters. The van der Waals surface area contributed by atoms with Crippen molar-refractivity contribution in [3.63, 3.8) is 0 Å². The fourth-order valence-electron chi connectivity index (χ4n) is 1.20. The van der Waals surface area contributed by atoms with E-state index < -0.39 is 5.97 Å². The third-order valence-electron chi connectivity index (χ3n) is 1.85. The quantitative estimate of drug-likeness (QED) is 0.683. The van der Waals surface area contributed by atoms with E-state index in [4.69, 9.17) is 10.8 Å². The van der Waals surface area contributed by atoms with Crippen molar-refractivity contribution in [1.82, 2.24) is 0 Å². The van der Waals surface area contributed by atoms with E-state index >= 15 is 0 Å². The Balaban J connectivity index is 0. The lowest BCUT2D eigenvalue weighted by molar-refractivity contribution is -0.137. The van der Waals surface area contributed by atoms with Crippen LogP contribution < -0.4 is 5.73 Å². The maximum absolute atomic E-state index is 10.5. The molecule has 0 spiro atoms. The van der Waals surface area contributed by atoms with Crippen LogP contribution in [0, 0.1) is 5.92 Å². The molecule has 92 valence electrons. The van der Waals surface area contributed by atoms with E-state index in [0.29, 0.717) is 6.54 Å². The Labute approximate surface area is 98.4 Å². The highest BCUT2D eigenvalue weighted by Crippen LogP contribution is 2.15. The van der Waals surface area contributed by atoms with Gasteiger partial charge in [-0.2, -0.15) is 0 Å². The molecule has 0 aromatic carbocycles. The van der Waals surface area contributed by atoms with Gasteiger partial charge in [-0.1, -0.05) is 44.7 Å². The summed E-state index contributed by atoms with van der Waals surface area (Å²) in [4.78, 5) is 10.5. The molecular formula is C13H23NO2. The Bertz CT molecular complexity index is 255. The van der Waals surface area contributed by atoms with E-state index in [2.05, 4.69) is 6.58 Å². The second kappa shape index (κ2) is 11.7. The van der Waals surface area contributed by atoms with Crippen molar-refractivity contribution in [2.24, 2.45) is 11.7 Å². The molecule has 0 radical (unpaired) electrons. The number of carboxylic acids is 1. The molecule has 16 heavy (non-hydrogen) atoms. The van der Waals surface area contributed by atoms with Crippen LogP contribution in [0.15, 0.2) is 36.5 Å². The number of carboxylic acid groups (broad SMARTS) is 1. The van der Waals surface area contributed by atoms with E-state index in [9.17, 15) is 4.79 Å². The number of aliphatic carboxylic acids is 1. The number of carbonyl (C=O) groups is 1. The van der Waals surface area contributed by atoms with Gasteiger partial charge in [0.1, 0.15) is 0 Å². The van der Waals surface area contributed by atoms with Crippen molar-refractivity contribution in [3.05, 3.63) is 36.5 Å². The maximum Gasteiger partial charge on any atom is 0.304 e. The highest BCUT2D eigenvalue weighted by Gasteiger charge is 2.13. The molecule has 0 rings (SSSR count). The molecule has 0 fully saturated rings. The molecular weight excluding hydrogens is 202 g/mol. The van der Waals surface area contributed by atoms with Crippen molar-refractivity contribution in [1.29, 1.82) is 0 Å². The number of nitrogens with two attached hydrogens (primary N) is 1. The largest absolute Gasteiger partial charge is 0.481 e. The van der Waals surface area contributed by atoms with Crippen molar-refractivity contribution >= 4 is 5.97 Å². The zero-order chi connectivity index (χ0) is 13.0. The van der Waals surface area contributed by atoms with Gasteiger partial charge in [0, 0.05) is 5.92 Å². The number of rotatable bonds is 6. The van der Waals surface area contributed by atoms with Crippen molar-refractivity contribution in [2.75, 3.05) is 6.54 Å². The molecule has 0 amide bonds. The minimum Gasteiger partial charge on any atom is -0.481 e. The number of hydrogen-bond acceptors (Lipinski definition) is 2. The zero-order valence-electron chi connectivity index (χ0n) is 10.4. The van der Waals surface area contributed by atoms with E-state index in [1.807, 2.05) is 32.9 Å². The summed E-state index contributed by atoms with van der Waals surface area (Å²) in [6.45, 7) is 9.79. The van der Waals surface area contributed by atoms with Gasteiger partial charge in [0.15, 0.2) is 0 Å². The molecule has 0 heterocycles. The molecule has 3 nitrogen and oxygen atoms in total. The van der Waals surface area contributed by atoms with E-state index in [-0.39, 0.29) is 12.3 Å². The summed E-state index contributed by atoms with van der Waals surface area (Å²) in [6.07, 6.45) is 7.21. The molecule has 3 N–H and O–H groups in total. The molecule has 1 atom stereocenters. The molecule has 3 heteroatoms. The Kier molecular flexibility index (Phi) is 12.5. The summed E-state index contributed by atoms with van der Waals surface area (Å²) in [6, 6.07) is 0. The summed E-state index contributed by atoms with van der Waals surface area (Å²) < 4.78 is 0. The monoisotopic (exact) mass is 225 g/mol. The Morgan fingerprint density at radius 3 is 2.38 bits per heavy atom. The lowest BCUT2D eigenvalue weighted by atomic mass is 9.95. The summed E-state index contributed by atoms with van der Waals surface area (Å²) in [5.74, 6) is -0.971. The molecule has 0 saturated heterocycles. The second-order valence-corrected chi connectivity index (χ2v) is 2.93. The minimum absolute atomic E-state index is 0.0561. The first-order chi connectivity index (χ1) is 7.65. The van der Waals surface area contributed by atoms with Gasteiger partial charge in [0.2, 0.25) is 0 Å². The third-order valence-corrected chi connectivity index (χ3v) is 1.85. The molecule has 0 bridgehead atoms. The molecule has 0 saturated carbocycles. The first kappa shape index (κ1) is 17.1. The highest BCUT2D eigenvalue weighted by molar-refractivity contribution is 5.67. The zero-order valence-corrected chi connectivity index (χ0v) is 10.4. The van der Waals surface area contributed by atoms with Crippen LogP contribution in [0.3, 0.4) is 0 Å². The molecule has 0 aliphatic heterocycles. The summed E-state index contributed by atoms with van der Waals surface area (Å²) >= 11 is 0. The average molecular weight is 225 g/mol. The van der Waals surface area contributed by atoms with E-state index in [0.717, 1.165) is 5.57 Å². The van der Waals surface area contributed by atoms with Crippen LogP contribution in [0.1, 0.15) is 27.2 Å². The lowest BCUT2D eigenvalue weighted by Gasteiger charge is -2.13. The van der Waals surface area contributed by atoms with Gasteiger partial charge in [-0.25, -0.2) is 0 Å². The lowest BCUT2D eigenvalue weighted by Crippen LogP contribution is -2.19. The van der Waals surface area contributed by atoms with Gasteiger partial charge < -0.3 is 10.8 Å². The number of allylic oxidation sites excluding steroid dienone is 4. The van der Waals surface area contributed by atoms with Gasteiger partial charge >= 0.3 is 5.97 Å². The summed E-state index contributed by atoms with van der Waals surface area (Å²) in [7, 11) is 0. The first-order valence-electron chi connectivity index (χ1n) is 5.52.